The minimum atomic E-state index is -1.21. The first-order valence-corrected chi connectivity index (χ1v) is 24.1. The first kappa shape index (κ1) is 50.5. The van der Waals surface area contributed by atoms with Gasteiger partial charge in [0.05, 0.1) is 26.9 Å². The smallest absolute Gasteiger partial charge is 0.336 e. The number of aldehydes is 2. The number of carbonyl (C=O) groups excluding carboxylic acids is 2. The van der Waals surface area contributed by atoms with Gasteiger partial charge in [0.2, 0.25) is 0 Å². The van der Waals surface area contributed by atoms with E-state index in [1.54, 1.807) is 57.7 Å². The summed E-state index contributed by atoms with van der Waals surface area (Å²) in [5, 5.41) is 10.4. The predicted molar refractivity (Wildman–Crippen MR) is 293 cm³/mol. The van der Waals surface area contributed by atoms with Crippen molar-refractivity contribution in [3.05, 3.63) is 217 Å². The highest BCUT2D eigenvalue weighted by atomic mass is 16.5. The minimum absolute atomic E-state index is 0.0178. The average molecular weight is 996 g/mol. The predicted octanol–water partition coefficient (Wildman–Crippen LogP) is 13.3. The summed E-state index contributed by atoms with van der Waals surface area (Å²) in [6.45, 7) is -0.0659. The van der Waals surface area contributed by atoms with Gasteiger partial charge in [-0.15, -0.1) is 0 Å². The third kappa shape index (κ3) is 11.4. The van der Waals surface area contributed by atoms with Gasteiger partial charge in [-0.3, -0.25) is 9.59 Å². The molecule has 9 rings (SSSR count). The molecule has 0 amide bonds. The molecule has 11 nitrogen and oxygen atoms in total. The quantitative estimate of drug-likeness (QED) is 0.0662. The van der Waals surface area contributed by atoms with Crippen molar-refractivity contribution in [2.24, 2.45) is 5.73 Å². The fourth-order valence-corrected chi connectivity index (χ4v) is 8.97. The number of benzene rings is 9. The maximum atomic E-state index is 12.8. The van der Waals surface area contributed by atoms with Crippen LogP contribution in [0.5, 0.6) is 34.5 Å². The molecule has 374 valence electrons. The fraction of sp³-hybridized carbons (Fsp3) is 0.109. The largest absolute Gasteiger partial charge is 0.497 e. The van der Waals surface area contributed by atoms with E-state index in [1.165, 1.54) is 0 Å². The van der Waals surface area contributed by atoms with E-state index in [1.807, 2.05) is 164 Å². The average Bonchev–Trinajstić information content (AvgIpc) is 3.47. The Morgan fingerprint density at radius 1 is 0.387 bits per heavy atom. The van der Waals surface area contributed by atoms with Crippen molar-refractivity contribution in [1.29, 1.82) is 0 Å². The molecule has 0 heterocycles. The highest BCUT2D eigenvalue weighted by Crippen LogP contribution is 2.37. The van der Waals surface area contributed by atoms with Gasteiger partial charge in [-0.1, -0.05) is 127 Å². The molecule has 0 aliphatic carbocycles. The molecule has 11 heteroatoms. The first-order valence-electron chi connectivity index (χ1n) is 24.1. The van der Waals surface area contributed by atoms with Gasteiger partial charge in [0, 0.05) is 11.1 Å². The molecule has 0 fully saturated rings. The molecule has 0 unspecified atom stereocenters. The number of methoxy groups -OCH3 is 3. The molecule has 0 aliphatic rings. The molecule has 0 saturated heterocycles. The normalized spacial score (nSPS) is 11.0. The molecular weight excluding hydrogens is 943 g/mol. The van der Waals surface area contributed by atoms with E-state index in [0.717, 1.165) is 74.1 Å². The monoisotopic (exact) mass is 995 g/mol. The number of carbonyl (C=O) groups is 3. The summed E-state index contributed by atoms with van der Waals surface area (Å²) in [7, 11) is 4.81. The Morgan fingerprint density at radius 2 is 0.613 bits per heavy atom. The Morgan fingerprint density at radius 3 is 0.840 bits per heavy atom. The van der Waals surface area contributed by atoms with Crippen molar-refractivity contribution in [2.75, 3.05) is 41.2 Å². The van der Waals surface area contributed by atoms with Crippen LogP contribution < -0.4 is 34.2 Å². The molecule has 0 saturated carbocycles. The first-order chi connectivity index (χ1) is 36.6. The summed E-state index contributed by atoms with van der Waals surface area (Å²) in [6, 6.07) is 61.4. The molecule has 0 atom stereocenters. The zero-order valence-electron chi connectivity index (χ0n) is 41.5. The van der Waals surface area contributed by atoms with Gasteiger partial charge in [-0.05, 0) is 140 Å². The Balaban J connectivity index is 0.945. The lowest BCUT2D eigenvalue weighted by Gasteiger charge is -2.29. The second-order valence-electron chi connectivity index (χ2n) is 17.8. The van der Waals surface area contributed by atoms with Crippen LogP contribution in [0.3, 0.4) is 0 Å². The van der Waals surface area contributed by atoms with E-state index < -0.39 is 11.5 Å². The lowest BCUT2D eigenvalue weighted by Crippen LogP contribution is -2.55. The summed E-state index contributed by atoms with van der Waals surface area (Å²) >= 11 is 0. The van der Waals surface area contributed by atoms with E-state index in [9.17, 15) is 19.5 Å². The van der Waals surface area contributed by atoms with Gasteiger partial charge in [0.1, 0.15) is 59.9 Å². The Labute approximate surface area is 435 Å². The molecule has 0 bridgehead atoms. The van der Waals surface area contributed by atoms with Gasteiger partial charge in [0.25, 0.3) is 0 Å². The highest BCUT2D eigenvalue weighted by molar-refractivity contribution is 6.03. The number of aromatic carboxylic acids is 1. The van der Waals surface area contributed by atoms with Crippen LogP contribution in [0.25, 0.3) is 66.8 Å². The van der Waals surface area contributed by atoms with Gasteiger partial charge < -0.3 is 39.3 Å². The number of ether oxygens (including phenoxy) is 6. The summed E-state index contributed by atoms with van der Waals surface area (Å²) in [5.41, 5.74) is 16.4. The molecule has 0 aromatic heterocycles. The molecule has 75 heavy (non-hydrogen) atoms. The maximum Gasteiger partial charge on any atom is 0.336 e. The Bertz CT molecular complexity index is 3280. The zero-order chi connectivity index (χ0) is 52.3. The van der Waals surface area contributed by atoms with Crippen LogP contribution in [-0.4, -0.2) is 70.3 Å². The molecule has 3 N–H and O–H groups in total. The second kappa shape index (κ2) is 23.0. The third-order valence-corrected chi connectivity index (χ3v) is 13.0. The van der Waals surface area contributed by atoms with Crippen molar-refractivity contribution >= 4 is 18.5 Å². The SMILES string of the molecule is COc1ccc(-c2cccc(-c3ccc(OCC(N)(COc4ccc(-c5cccc(-c6ccc(OC)cc6)c5C=O)cc4)COc4ccc(-c5cccc(-c6ccc(OC)cc6)c5C(=O)O)cc4)cc3)c2C=O)cc1. The molecular formula is C64H53NO10. The van der Waals surface area contributed by atoms with Gasteiger partial charge in [-0.2, -0.15) is 0 Å². The second-order valence-corrected chi connectivity index (χ2v) is 17.8. The van der Waals surface area contributed by atoms with Crippen LogP contribution in [0.1, 0.15) is 31.1 Å². The Hall–Kier alpha value is -9.45. The molecule has 0 spiro atoms. The highest BCUT2D eigenvalue weighted by Gasteiger charge is 2.30. The summed E-state index contributed by atoms with van der Waals surface area (Å²) in [5.74, 6) is 2.64. The standard InChI is InChI=1S/C64H53NO10/c1-70-48-25-13-42(14-26-48)54-7-4-9-56(60(54)37-66)44-19-31-51(32-20-44)73-39-64(65,40-74-52-33-21-45(22-34-52)57-10-5-8-55(61(57)38-67)43-15-27-49(71-2)28-16-43)41-75-53-35-23-47(24-36-53)59-12-6-11-58(62(59)63(68)69)46-17-29-50(72-3)30-18-46/h4-38H,39-41,65H2,1-3H3,(H,68,69). The fourth-order valence-electron chi connectivity index (χ4n) is 8.97. The number of rotatable bonds is 21. The van der Waals surface area contributed by atoms with E-state index in [-0.39, 0.29) is 25.4 Å². The van der Waals surface area contributed by atoms with Crippen LogP contribution in [0.15, 0.2) is 200 Å². The lowest BCUT2D eigenvalue weighted by atomic mass is 9.92. The summed E-state index contributed by atoms with van der Waals surface area (Å²) in [6.07, 6.45) is 1.75. The summed E-state index contributed by atoms with van der Waals surface area (Å²) in [4.78, 5) is 37.9. The van der Waals surface area contributed by atoms with E-state index in [4.69, 9.17) is 34.2 Å². The van der Waals surface area contributed by atoms with Gasteiger partial charge in [0.15, 0.2) is 12.6 Å². The number of hydrogen-bond acceptors (Lipinski definition) is 10. The minimum Gasteiger partial charge on any atom is -0.497 e. The topological polar surface area (TPSA) is 153 Å². The van der Waals surface area contributed by atoms with Gasteiger partial charge >= 0.3 is 5.97 Å². The molecule has 9 aromatic rings. The van der Waals surface area contributed by atoms with Crippen molar-refractivity contribution in [1.82, 2.24) is 0 Å². The number of hydrogen-bond donors (Lipinski definition) is 2. The van der Waals surface area contributed by atoms with E-state index >= 15 is 0 Å². The van der Waals surface area contributed by atoms with Crippen molar-refractivity contribution < 1.29 is 47.9 Å². The van der Waals surface area contributed by atoms with Crippen LogP contribution in [0.4, 0.5) is 0 Å². The molecule has 0 aliphatic heterocycles. The number of carboxylic acid groups (broad SMARTS) is 1. The van der Waals surface area contributed by atoms with Crippen molar-refractivity contribution in [2.45, 2.75) is 5.54 Å². The van der Waals surface area contributed by atoms with Crippen LogP contribution in [0, 0.1) is 0 Å². The van der Waals surface area contributed by atoms with Crippen LogP contribution in [0.2, 0.25) is 0 Å². The number of nitrogens with two attached hydrogens (primary N) is 1. The lowest BCUT2D eigenvalue weighted by molar-refractivity contribution is 0.0698. The Kier molecular flexibility index (Phi) is 15.5. The van der Waals surface area contributed by atoms with Crippen molar-refractivity contribution in [3.63, 3.8) is 0 Å². The molecule has 0 radical (unpaired) electrons. The number of carboxylic acids is 1. The van der Waals surface area contributed by atoms with E-state index in [0.29, 0.717) is 50.8 Å². The van der Waals surface area contributed by atoms with E-state index in [2.05, 4.69) is 0 Å². The van der Waals surface area contributed by atoms with Crippen LogP contribution >= 0.6 is 0 Å². The summed E-state index contributed by atoms with van der Waals surface area (Å²) < 4.78 is 35.1. The van der Waals surface area contributed by atoms with Crippen molar-refractivity contribution in [3.8, 4) is 101 Å². The molecule has 9 aromatic carbocycles. The third-order valence-electron chi connectivity index (χ3n) is 13.0. The maximum absolute atomic E-state index is 12.8. The zero-order valence-corrected chi connectivity index (χ0v) is 41.5. The van der Waals surface area contributed by atoms with Crippen LogP contribution in [-0.2, 0) is 0 Å². The van der Waals surface area contributed by atoms with Gasteiger partial charge in [-0.25, -0.2) is 4.79 Å².